The highest BCUT2D eigenvalue weighted by atomic mass is 16.5. The first-order valence-electron chi connectivity index (χ1n) is 7.74. The van der Waals surface area contributed by atoms with Crippen molar-refractivity contribution in [3.63, 3.8) is 0 Å². The van der Waals surface area contributed by atoms with Gasteiger partial charge < -0.3 is 14.8 Å². The van der Waals surface area contributed by atoms with Crippen LogP contribution in [0.1, 0.15) is 18.1 Å². The Bertz CT molecular complexity index is 655. The van der Waals surface area contributed by atoms with Gasteiger partial charge in [0.15, 0.2) is 0 Å². The summed E-state index contributed by atoms with van der Waals surface area (Å²) < 4.78 is 11.0. The summed E-state index contributed by atoms with van der Waals surface area (Å²) in [5.74, 6) is 2.04. The third kappa shape index (κ3) is 5.66. The van der Waals surface area contributed by atoms with Crippen molar-refractivity contribution in [2.24, 2.45) is 0 Å². The number of hydrogen-bond acceptors (Lipinski definition) is 3. The molecule has 1 atom stereocenters. The monoisotopic (exact) mass is 312 g/mol. The highest BCUT2D eigenvalue weighted by Gasteiger charge is 2.07. The van der Waals surface area contributed by atoms with E-state index in [1.54, 1.807) is 7.11 Å². The van der Waals surface area contributed by atoms with Gasteiger partial charge in [0.2, 0.25) is 0 Å². The average Bonchev–Trinajstić information content (AvgIpc) is 2.53. The molecule has 2 aromatic rings. The van der Waals surface area contributed by atoms with Gasteiger partial charge in [-0.15, -0.1) is 0 Å². The Balaban J connectivity index is 1.79. The lowest BCUT2D eigenvalue weighted by atomic mass is 10.1. The molecule has 4 nitrogen and oxygen atoms in total. The Kier molecular flexibility index (Phi) is 6.03. The van der Waals surface area contributed by atoms with Gasteiger partial charge in [0.1, 0.15) is 17.6 Å². The number of nitrogens with one attached hydrogen (secondary N) is 2. The number of amidine groups is 1. The molecule has 122 valence electrons. The number of hydrogen-bond donors (Lipinski definition) is 2. The van der Waals surface area contributed by atoms with Gasteiger partial charge in [0.05, 0.1) is 19.5 Å². The van der Waals surface area contributed by atoms with Crippen molar-refractivity contribution in [1.29, 1.82) is 5.41 Å². The maximum absolute atomic E-state index is 8.05. The molecule has 2 aromatic carbocycles. The van der Waals surface area contributed by atoms with E-state index >= 15 is 0 Å². The molecule has 4 heteroatoms. The second kappa shape index (κ2) is 8.22. The third-order valence-electron chi connectivity index (χ3n) is 3.44. The Morgan fingerprint density at radius 2 is 1.87 bits per heavy atom. The van der Waals surface area contributed by atoms with Crippen LogP contribution in [0.5, 0.6) is 11.5 Å². The van der Waals surface area contributed by atoms with E-state index in [0.717, 1.165) is 17.1 Å². The summed E-state index contributed by atoms with van der Waals surface area (Å²) in [7, 11) is 1.64. The minimum atomic E-state index is -0.0417. The van der Waals surface area contributed by atoms with E-state index in [4.69, 9.17) is 14.9 Å². The zero-order valence-corrected chi connectivity index (χ0v) is 13.9. The summed E-state index contributed by atoms with van der Waals surface area (Å²) in [4.78, 5) is 0. The molecular formula is C19H24N2O2. The van der Waals surface area contributed by atoms with E-state index in [-0.39, 0.29) is 6.10 Å². The zero-order chi connectivity index (χ0) is 16.7. The van der Waals surface area contributed by atoms with E-state index in [0.29, 0.717) is 18.8 Å². The number of methoxy groups -OCH3 is 1. The van der Waals surface area contributed by atoms with Crippen molar-refractivity contribution in [1.82, 2.24) is 5.32 Å². The molecule has 0 bridgehead atoms. The highest BCUT2D eigenvalue weighted by Crippen LogP contribution is 2.19. The maximum Gasteiger partial charge on any atom is 0.123 e. The predicted molar refractivity (Wildman–Crippen MR) is 93.7 cm³/mol. The van der Waals surface area contributed by atoms with Crippen molar-refractivity contribution < 1.29 is 9.47 Å². The van der Waals surface area contributed by atoms with Gasteiger partial charge in [-0.3, -0.25) is 5.41 Å². The van der Waals surface area contributed by atoms with Crippen molar-refractivity contribution in [3.8, 4) is 11.5 Å². The molecule has 0 saturated heterocycles. The smallest absolute Gasteiger partial charge is 0.123 e. The first-order valence-corrected chi connectivity index (χ1v) is 7.74. The molecule has 2 rings (SSSR count). The summed E-state index contributed by atoms with van der Waals surface area (Å²) in [6, 6.07) is 15.8. The normalized spacial score (nSPS) is 11.6. The average molecular weight is 312 g/mol. The van der Waals surface area contributed by atoms with Crippen LogP contribution >= 0.6 is 0 Å². The van der Waals surface area contributed by atoms with E-state index in [2.05, 4.69) is 24.4 Å². The summed E-state index contributed by atoms with van der Waals surface area (Å²) in [6.07, 6.45) is 0.563. The topological polar surface area (TPSA) is 54.3 Å². The molecular weight excluding hydrogens is 288 g/mol. The first-order chi connectivity index (χ1) is 11.1. The van der Waals surface area contributed by atoms with Crippen LogP contribution in [-0.2, 0) is 6.42 Å². The quantitative estimate of drug-likeness (QED) is 0.607. The Hall–Kier alpha value is -2.49. The van der Waals surface area contributed by atoms with Gasteiger partial charge in [0, 0.05) is 12.5 Å². The second-order valence-corrected chi connectivity index (χ2v) is 5.63. The summed E-state index contributed by atoms with van der Waals surface area (Å²) >= 11 is 0. The molecule has 0 fully saturated rings. The van der Waals surface area contributed by atoms with Crippen LogP contribution in [0.4, 0.5) is 0 Å². The maximum atomic E-state index is 8.05. The number of ether oxygens (including phenoxy) is 2. The van der Waals surface area contributed by atoms with Gasteiger partial charge >= 0.3 is 0 Å². The first kappa shape index (κ1) is 16.9. The minimum Gasteiger partial charge on any atom is -0.497 e. The summed E-state index contributed by atoms with van der Waals surface area (Å²) in [5.41, 5.74) is 2.36. The van der Waals surface area contributed by atoms with Crippen LogP contribution < -0.4 is 14.8 Å². The number of aryl methyl sites for hydroxylation is 1. The molecule has 0 aliphatic rings. The van der Waals surface area contributed by atoms with Gasteiger partial charge in [-0.25, -0.2) is 0 Å². The van der Waals surface area contributed by atoms with Crippen molar-refractivity contribution >= 4 is 5.84 Å². The molecule has 0 aromatic heterocycles. The van der Waals surface area contributed by atoms with E-state index in [1.165, 1.54) is 5.56 Å². The van der Waals surface area contributed by atoms with Crippen LogP contribution in [0.15, 0.2) is 48.5 Å². The van der Waals surface area contributed by atoms with Crippen LogP contribution in [0, 0.1) is 12.3 Å². The van der Waals surface area contributed by atoms with Crippen LogP contribution in [0.2, 0.25) is 0 Å². The van der Waals surface area contributed by atoms with E-state index < -0.39 is 0 Å². The van der Waals surface area contributed by atoms with Crippen LogP contribution in [0.25, 0.3) is 0 Å². The second-order valence-electron chi connectivity index (χ2n) is 5.63. The molecule has 0 heterocycles. The number of benzene rings is 2. The Morgan fingerprint density at radius 1 is 1.13 bits per heavy atom. The van der Waals surface area contributed by atoms with Gasteiger partial charge in [-0.2, -0.15) is 0 Å². The minimum absolute atomic E-state index is 0.0417. The molecule has 0 aliphatic heterocycles. The fraction of sp³-hybridized carbons (Fsp3) is 0.316. The van der Waals surface area contributed by atoms with Gasteiger partial charge in [-0.1, -0.05) is 35.9 Å². The largest absolute Gasteiger partial charge is 0.497 e. The van der Waals surface area contributed by atoms with Crippen molar-refractivity contribution in [3.05, 3.63) is 59.7 Å². The van der Waals surface area contributed by atoms with Crippen LogP contribution in [0.3, 0.4) is 0 Å². The third-order valence-corrected chi connectivity index (χ3v) is 3.44. The SMILES string of the molecule is COc1cccc(OC(C)CNC(=N)Cc2cccc(C)c2)c1. The van der Waals surface area contributed by atoms with Gasteiger partial charge in [-0.05, 0) is 31.5 Å². The number of rotatable bonds is 7. The molecule has 1 unspecified atom stereocenters. The Labute approximate surface area is 138 Å². The van der Waals surface area contributed by atoms with Crippen molar-refractivity contribution in [2.75, 3.05) is 13.7 Å². The lowest BCUT2D eigenvalue weighted by Gasteiger charge is -2.17. The lowest BCUT2D eigenvalue weighted by Crippen LogP contribution is -2.34. The Morgan fingerprint density at radius 3 is 2.61 bits per heavy atom. The molecule has 0 radical (unpaired) electrons. The van der Waals surface area contributed by atoms with E-state index in [9.17, 15) is 0 Å². The summed E-state index contributed by atoms with van der Waals surface area (Å²) in [5, 5.41) is 11.2. The molecule has 0 saturated carbocycles. The van der Waals surface area contributed by atoms with Gasteiger partial charge in [0.25, 0.3) is 0 Å². The lowest BCUT2D eigenvalue weighted by molar-refractivity contribution is 0.223. The summed E-state index contributed by atoms with van der Waals surface area (Å²) in [6.45, 7) is 4.62. The standard InChI is InChI=1S/C19H24N2O2/c1-14-6-4-7-16(10-14)11-19(20)21-13-15(2)23-18-9-5-8-17(12-18)22-3/h4-10,12,15H,11,13H2,1-3H3,(H2,20,21). The molecule has 0 amide bonds. The fourth-order valence-electron chi connectivity index (χ4n) is 2.30. The fourth-order valence-corrected chi connectivity index (χ4v) is 2.30. The highest BCUT2D eigenvalue weighted by molar-refractivity contribution is 5.81. The zero-order valence-electron chi connectivity index (χ0n) is 13.9. The van der Waals surface area contributed by atoms with Crippen molar-refractivity contribution in [2.45, 2.75) is 26.4 Å². The molecule has 0 aliphatic carbocycles. The molecule has 23 heavy (non-hydrogen) atoms. The van der Waals surface area contributed by atoms with Crippen LogP contribution in [-0.4, -0.2) is 25.6 Å². The van der Waals surface area contributed by atoms with E-state index in [1.807, 2.05) is 43.3 Å². The molecule has 2 N–H and O–H groups in total. The molecule has 0 spiro atoms. The predicted octanol–water partition coefficient (Wildman–Crippen LogP) is 3.58.